The lowest BCUT2D eigenvalue weighted by Crippen LogP contribution is -2.35. The molecule has 0 atom stereocenters. The van der Waals surface area contributed by atoms with Crippen LogP contribution in [0.3, 0.4) is 0 Å². The Morgan fingerprint density at radius 1 is 0.943 bits per heavy atom. The topological polar surface area (TPSA) is 83.7 Å². The normalized spacial score (nSPS) is 10.7. The van der Waals surface area contributed by atoms with Gasteiger partial charge in [-0.25, -0.2) is 4.79 Å². The van der Waals surface area contributed by atoms with Gasteiger partial charge >= 0.3 is 6.03 Å². The molecule has 4 rings (SSSR count). The van der Waals surface area contributed by atoms with E-state index in [2.05, 4.69) is 10.3 Å². The number of aryl methyl sites for hydroxylation is 1. The molecule has 1 heterocycles. The maximum Gasteiger partial charge on any atom is 0.322 e. The van der Waals surface area contributed by atoms with Crippen LogP contribution in [0, 0.1) is 6.92 Å². The fraction of sp³-hybridized carbons (Fsp3) is 0.185. The number of carbonyl (C=O) groups excluding carboxylic acids is 1. The van der Waals surface area contributed by atoms with Crippen molar-refractivity contribution in [3.63, 3.8) is 0 Å². The Morgan fingerprint density at radius 2 is 1.60 bits per heavy atom. The number of hydrogen-bond acceptors (Lipinski definition) is 4. The zero-order chi connectivity index (χ0) is 24.9. The summed E-state index contributed by atoms with van der Waals surface area (Å²) in [5, 5.41) is 4.24. The molecule has 0 aliphatic rings. The van der Waals surface area contributed by atoms with E-state index in [-0.39, 0.29) is 18.1 Å². The third kappa shape index (κ3) is 5.75. The van der Waals surface area contributed by atoms with Crippen molar-refractivity contribution >= 4 is 34.2 Å². The van der Waals surface area contributed by atoms with Crippen molar-refractivity contribution in [2.24, 2.45) is 0 Å². The molecule has 2 amide bonds. The number of rotatable bonds is 7. The molecule has 2 N–H and O–H groups in total. The molecule has 7 nitrogen and oxygen atoms in total. The lowest BCUT2D eigenvalue weighted by molar-refractivity contribution is 0.206. The van der Waals surface area contributed by atoms with E-state index in [4.69, 9.17) is 21.1 Å². The summed E-state index contributed by atoms with van der Waals surface area (Å²) < 4.78 is 10.7. The molecule has 0 radical (unpaired) electrons. The number of ether oxygens (including phenoxy) is 2. The van der Waals surface area contributed by atoms with Crippen LogP contribution in [0.15, 0.2) is 71.5 Å². The van der Waals surface area contributed by atoms with E-state index in [1.54, 1.807) is 61.6 Å². The molecule has 35 heavy (non-hydrogen) atoms. The van der Waals surface area contributed by atoms with E-state index in [0.29, 0.717) is 39.8 Å². The standard InChI is InChI=1S/C27H26ClN3O4/c1-17-4-6-18(7-5-17)15-31(27(33)29-22-10-8-21(28)9-11-22)16-20-12-19-13-24(34-2)25(35-3)14-23(19)30-26(20)32/h4-14H,15-16H2,1-3H3,(H,29,33)(H,30,32). The van der Waals surface area contributed by atoms with Gasteiger partial charge in [0.2, 0.25) is 0 Å². The molecule has 0 saturated carbocycles. The number of anilines is 1. The predicted octanol–water partition coefficient (Wildman–Crippen LogP) is 5.74. The van der Waals surface area contributed by atoms with Gasteiger partial charge in [-0.15, -0.1) is 0 Å². The summed E-state index contributed by atoms with van der Waals surface area (Å²) in [7, 11) is 3.10. The van der Waals surface area contributed by atoms with Gasteiger partial charge in [0.05, 0.1) is 26.3 Å². The lowest BCUT2D eigenvalue weighted by atomic mass is 10.1. The number of nitrogens with zero attached hydrogens (tertiary/aromatic N) is 1. The molecule has 4 aromatic rings. The van der Waals surface area contributed by atoms with Crippen molar-refractivity contribution in [1.82, 2.24) is 9.88 Å². The molecule has 3 aromatic carbocycles. The molecule has 8 heteroatoms. The Kier molecular flexibility index (Phi) is 7.27. The minimum atomic E-state index is -0.334. The second-order valence-electron chi connectivity index (χ2n) is 8.20. The number of amides is 2. The van der Waals surface area contributed by atoms with Crippen LogP contribution in [0.2, 0.25) is 5.02 Å². The number of urea groups is 1. The number of aromatic nitrogens is 1. The highest BCUT2D eigenvalue weighted by atomic mass is 35.5. The zero-order valence-corrected chi connectivity index (χ0v) is 20.5. The highest BCUT2D eigenvalue weighted by molar-refractivity contribution is 6.30. The van der Waals surface area contributed by atoms with Crippen molar-refractivity contribution in [2.45, 2.75) is 20.0 Å². The quantitative estimate of drug-likeness (QED) is 0.345. The molecule has 0 aliphatic carbocycles. The second kappa shape index (κ2) is 10.5. The summed E-state index contributed by atoms with van der Waals surface area (Å²) >= 11 is 5.97. The van der Waals surface area contributed by atoms with Gasteiger partial charge in [-0.2, -0.15) is 0 Å². The van der Waals surface area contributed by atoms with Gasteiger partial charge in [0.15, 0.2) is 11.5 Å². The fourth-order valence-electron chi connectivity index (χ4n) is 3.75. The number of halogens is 1. The molecule has 0 unspecified atom stereocenters. The molecule has 0 aliphatic heterocycles. The van der Waals surface area contributed by atoms with Crippen LogP contribution in [0.1, 0.15) is 16.7 Å². The minimum Gasteiger partial charge on any atom is -0.493 e. The van der Waals surface area contributed by atoms with Crippen LogP contribution in [0.25, 0.3) is 10.9 Å². The number of fused-ring (bicyclic) bond motifs is 1. The van der Waals surface area contributed by atoms with Crippen molar-refractivity contribution in [3.8, 4) is 11.5 Å². The number of nitrogens with one attached hydrogen (secondary N) is 2. The number of pyridine rings is 1. The Bertz CT molecular complexity index is 1400. The molecule has 1 aromatic heterocycles. The van der Waals surface area contributed by atoms with Crippen molar-refractivity contribution in [3.05, 3.63) is 98.8 Å². The molecule has 0 saturated heterocycles. The SMILES string of the molecule is COc1cc2cc(CN(Cc3ccc(C)cc3)C(=O)Nc3ccc(Cl)cc3)c(=O)[nH]c2cc1OC. The Balaban J connectivity index is 1.67. The first kappa shape index (κ1) is 24.2. The van der Waals surface area contributed by atoms with E-state index in [9.17, 15) is 9.59 Å². The largest absolute Gasteiger partial charge is 0.493 e. The molecular formula is C27H26ClN3O4. The average molecular weight is 492 g/mol. The van der Waals surface area contributed by atoms with Gasteiger partial charge < -0.3 is 24.7 Å². The summed E-state index contributed by atoms with van der Waals surface area (Å²) in [5.41, 5.74) is 3.47. The van der Waals surface area contributed by atoms with Gasteiger partial charge in [0, 0.05) is 34.3 Å². The van der Waals surface area contributed by atoms with Crippen molar-refractivity contribution < 1.29 is 14.3 Å². The van der Waals surface area contributed by atoms with Crippen LogP contribution < -0.4 is 20.3 Å². The van der Waals surface area contributed by atoms with Gasteiger partial charge in [-0.1, -0.05) is 41.4 Å². The zero-order valence-electron chi connectivity index (χ0n) is 19.7. The average Bonchev–Trinajstić information content (AvgIpc) is 2.85. The number of H-pyrrole nitrogens is 1. The van der Waals surface area contributed by atoms with E-state index >= 15 is 0 Å². The second-order valence-corrected chi connectivity index (χ2v) is 8.63. The third-order valence-electron chi connectivity index (χ3n) is 5.66. The van der Waals surface area contributed by atoms with Crippen LogP contribution in [-0.4, -0.2) is 30.1 Å². The number of carbonyl (C=O) groups is 1. The predicted molar refractivity (Wildman–Crippen MR) is 139 cm³/mol. The number of benzene rings is 3. The van der Waals surface area contributed by atoms with Gasteiger partial charge in [0.1, 0.15) is 0 Å². The van der Waals surface area contributed by atoms with E-state index < -0.39 is 0 Å². The summed E-state index contributed by atoms with van der Waals surface area (Å²) in [5.74, 6) is 1.07. The molecule has 0 spiro atoms. The molecule has 0 fully saturated rings. The summed E-state index contributed by atoms with van der Waals surface area (Å²) in [4.78, 5) is 30.7. The Labute approximate surface area is 208 Å². The highest BCUT2D eigenvalue weighted by Gasteiger charge is 2.18. The Hall–Kier alpha value is -3.97. The van der Waals surface area contributed by atoms with Crippen LogP contribution in [0.4, 0.5) is 10.5 Å². The molecular weight excluding hydrogens is 466 g/mol. The third-order valence-corrected chi connectivity index (χ3v) is 5.92. The van der Waals surface area contributed by atoms with Gasteiger partial charge in [-0.3, -0.25) is 4.79 Å². The summed E-state index contributed by atoms with van der Waals surface area (Å²) in [6.45, 7) is 2.43. The number of aromatic amines is 1. The number of hydrogen-bond donors (Lipinski definition) is 2. The monoisotopic (exact) mass is 491 g/mol. The Morgan fingerprint density at radius 3 is 2.26 bits per heavy atom. The van der Waals surface area contributed by atoms with Crippen LogP contribution in [-0.2, 0) is 13.1 Å². The van der Waals surface area contributed by atoms with E-state index in [1.165, 1.54) is 0 Å². The van der Waals surface area contributed by atoms with Gasteiger partial charge in [0.25, 0.3) is 5.56 Å². The lowest BCUT2D eigenvalue weighted by Gasteiger charge is -2.23. The van der Waals surface area contributed by atoms with E-state index in [0.717, 1.165) is 16.5 Å². The summed E-state index contributed by atoms with van der Waals surface area (Å²) in [6.07, 6.45) is 0. The summed E-state index contributed by atoms with van der Waals surface area (Å²) in [6, 6.07) is 19.8. The first-order valence-corrected chi connectivity index (χ1v) is 11.4. The maximum absolute atomic E-state index is 13.3. The van der Waals surface area contributed by atoms with Crippen LogP contribution >= 0.6 is 11.6 Å². The maximum atomic E-state index is 13.3. The first-order valence-electron chi connectivity index (χ1n) is 11.0. The van der Waals surface area contributed by atoms with Gasteiger partial charge in [-0.05, 0) is 48.9 Å². The smallest absolute Gasteiger partial charge is 0.322 e. The first-order chi connectivity index (χ1) is 16.9. The number of methoxy groups -OCH3 is 2. The fourth-order valence-corrected chi connectivity index (χ4v) is 3.88. The molecule has 0 bridgehead atoms. The highest BCUT2D eigenvalue weighted by Crippen LogP contribution is 2.31. The van der Waals surface area contributed by atoms with E-state index in [1.807, 2.05) is 31.2 Å². The van der Waals surface area contributed by atoms with Crippen molar-refractivity contribution in [2.75, 3.05) is 19.5 Å². The van der Waals surface area contributed by atoms with Crippen LogP contribution in [0.5, 0.6) is 11.5 Å². The minimum absolute atomic E-state index is 0.104. The van der Waals surface area contributed by atoms with Crippen molar-refractivity contribution in [1.29, 1.82) is 0 Å². The molecule has 180 valence electrons.